The van der Waals surface area contributed by atoms with Gasteiger partial charge in [0.05, 0.1) is 5.56 Å². The smallest absolute Gasteiger partial charge is 0.368 e. The lowest BCUT2D eigenvalue weighted by molar-refractivity contribution is -0.137. The van der Waals surface area contributed by atoms with E-state index in [-0.39, 0.29) is 5.82 Å². The number of anilines is 1. The van der Waals surface area contributed by atoms with Gasteiger partial charge < -0.3 is 20.9 Å². The average Bonchev–Trinajstić information content (AvgIpc) is 2.64. The molecule has 2 rings (SSSR count). The third-order valence-electron chi connectivity index (χ3n) is 4.65. The number of nitrogens with zero attached hydrogens (tertiary/aromatic N) is 3. The number of guanidine groups is 1. The van der Waals surface area contributed by atoms with E-state index in [1.54, 1.807) is 7.05 Å². The van der Waals surface area contributed by atoms with Gasteiger partial charge in [-0.15, -0.1) is 0 Å². The number of halogens is 3. The molecule has 0 bridgehead atoms. The minimum Gasteiger partial charge on any atom is -0.368 e. The maximum absolute atomic E-state index is 13.0. The zero-order chi connectivity index (χ0) is 19.9. The number of hydrogen-bond acceptors (Lipinski definition) is 4. The topological polar surface area (TPSA) is 64.6 Å². The molecular formula is C18H29F3N6. The number of piperidine rings is 1. The van der Waals surface area contributed by atoms with Gasteiger partial charge in [0.1, 0.15) is 5.82 Å². The van der Waals surface area contributed by atoms with E-state index >= 15 is 0 Å². The molecule has 6 nitrogen and oxygen atoms in total. The van der Waals surface area contributed by atoms with E-state index in [2.05, 4.69) is 44.7 Å². The molecule has 9 heteroatoms. The van der Waals surface area contributed by atoms with Crippen molar-refractivity contribution in [2.24, 2.45) is 4.99 Å². The summed E-state index contributed by atoms with van der Waals surface area (Å²) in [5.74, 6) is 0.507. The second-order valence-electron chi connectivity index (χ2n) is 6.87. The monoisotopic (exact) mass is 386 g/mol. The SMILES string of the molecule is CN=C(NCCNc1ncccc1C(F)(F)F)NC1CCN(C(C)C)CC1. The molecule has 3 N–H and O–H groups in total. The average molecular weight is 386 g/mol. The van der Waals surface area contributed by atoms with Crippen LogP contribution in [0.1, 0.15) is 32.3 Å². The molecule has 0 saturated carbocycles. The van der Waals surface area contributed by atoms with Gasteiger partial charge in [0.2, 0.25) is 0 Å². The molecule has 0 spiro atoms. The first-order valence-corrected chi connectivity index (χ1v) is 9.28. The fourth-order valence-corrected chi connectivity index (χ4v) is 3.08. The van der Waals surface area contributed by atoms with Crippen molar-refractivity contribution in [3.8, 4) is 0 Å². The predicted octanol–water partition coefficient (Wildman–Crippen LogP) is 2.55. The molecule has 2 heterocycles. The van der Waals surface area contributed by atoms with E-state index in [4.69, 9.17) is 0 Å². The van der Waals surface area contributed by atoms with Crippen LogP contribution in [0, 0.1) is 0 Å². The Balaban J connectivity index is 1.75. The molecule has 0 amide bonds. The van der Waals surface area contributed by atoms with E-state index < -0.39 is 11.7 Å². The van der Waals surface area contributed by atoms with Crippen LogP contribution in [-0.2, 0) is 6.18 Å². The highest BCUT2D eigenvalue weighted by Gasteiger charge is 2.33. The molecule has 1 aromatic rings. The molecule has 1 saturated heterocycles. The van der Waals surface area contributed by atoms with Gasteiger partial charge in [0, 0.05) is 51.5 Å². The van der Waals surface area contributed by atoms with Crippen LogP contribution in [0.5, 0.6) is 0 Å². The van der Waals surface area contributed by atoms with Gasteiger partial charge in [0.25, 0.3) is 0 Å². The predicted molar refractivity (Wildman–Crippen MR) is 102 cm³/mol. The summed E-state index contributed by atoms with van der Waals surface area (Å²) in [6, 6.07) is 3.21. The van der Waals surface area contributed by atoms with Crippen LogP contribution in [-0.4, -0.2) is 61.2 Å². The Bertz CT molecular complexity index is 609. The zero-order valence-corrected chi connectivity index (χ0v) is 16.1. The first-order valence-electron chi connectivity index (χ1n) is 9.28. The summed E-state index contributed by atoms with van der Waals surface area (Å²) < 4.78 is 38.9. The Kier molecular flexibility index (Phi) is 7.70. The highest BCUT2D eigenvalue weighted by atomic mass is 19.4. The molecule has 0 radical (unpaired) electrons. The van der Waals surface area contributed by atoms with Crippen molar-refractivity contribution >= 4 is 11.8 Å². The fraction of sp³-hybridized carbons (Fsp3) is 0.667. The van der Waals surface area contributed by atoms with Gasteiger partial charge in [-0.05, 0) is 38.8 Å². The van der Waals surface area contributed by atoms with Crippen molar-refractivity contribution in [2.75, 3.05) is 38.5 Å². The van der Waals surface area contributed by atoms with Crippen LogP contribution in [0.3, 0.4) is 0 Å². The van der Waals surface area contributed by atoms with Crippen LogP contribution >= 0.6 is 0 Å². The third kappa shape index (κ3) is 6.57. The van der Waals surface area contributed by atoms with Crippen molar-refractivity contribution in [3.05, 3.63) is 23.9 Å². The number of aliphatic imine (C=N–C) groups is 1. The molecule has 0 aromatic carbocycles. The Morgan fingerprint density at radius 1 is 1.30 bits per heavy atom. The molecule has 27 heavy (non-hydrogen) atoms. The number of rotatable bonds is 6. The number of likely N-dealkylation sites (tertiary alicyclic amines) is 1. The Hall–Kier alpha value is -2.03. The van der Waals surface area contributed by atoms with Gasteiger partial charge in [0.15, 0.2) is 5.96 Å². The molecule has 0 atom stereocenters. The summed E-state index contributed by atoms with van der Waals surface area (Å²) in [6.07, 6.45) is -0.999. The normalized spacial score (nSPS) is 17.2. The maximum Gasteiger partial charge on any atom is 0.419 e. The highest BCUT2D eigenvalue weighted by Crippen LogP contribution is 2.33. The Morgan fingerprint density at radius 3 is 2.59 bits per heavy atom. The standard InChI is InChI=1S/C18H29F3N6/c1-13(2)27-11-6-14(7-12-27)26-17(22-3)25-10-9-24-16-15(18(19,20)21)5-4-8-23-16/h4-5,8,13-14H,6-7,9-12H2,1-3H3,(H,23,24)(H2,22,25,26). The third-order valence-corrected chi connectivity index (χ3v) is 4.65. The van der Waals surface area contributed by atoms with Crippen LogP contribution in [0.25, 0.3) is 0 Å². The van der Waals surface area contributed by atoms with Gasteiger partial charge in [-0.2, -0.15) is 13.2 Å². The van der Waals surface area contributed by atoms with Crippen LogP contribution < -0.4 is 16.0 Å². The molecule has 0 unspecified atom stereocenters. The van der Waals surface area contributed by atoms with Crippen molar-refractivity contribution in [2.45, 2.75) is 44.9 Å². The summed E-state index contributed by atoms with van der Waals surface area (Å²) in [4.78, 5) is 10.4. The Labute approximate surface area is 158 Å². The second-order valence-corrected chi connectivity index (χ2v) is 6.87. The Morgan fingerprint density at radius 2 is 2.00 bits per heavy atom. The summed E-state index contributed by atoms with van der Waals surface area (Å²) >= 11 is 0. The van der Waals surface area contributed by atoms with Crippen molar-refractivity contribution in [1.82, 2.24) is 20.5 Å². The number of hydrogen-bond donors (Lipinski definition) is 3. The van der Waals surface area contributed by atoms with Crippen molar-refractivity contribution in [1.29, 1.82) is 0 Å². The summed E-state index contributed by atoms with van der Waals surface area (Å²) in [6.45, 7) is 7.23. The molecule has 1 aromatic heterocycles. The van der Waals surface area contributed by atoms with Crippen LogP contribution in [0.15, 0.2) is 23.3 Å². The molecule has 0 aliphatic carbocycles. The second kappa shape index (κ2) is 9.77. The molecule has 1 aliphatic heterocycles. The zero-order valence-electron chi connectivity index (χ0n) is 16.1. The lowest BCUT2D eigenvalue weighted by atomic mass is 10.0. The van der Waals surface area contributed by atoms with Crippen LogP contribution in [0.4, 0.5) is 19.0 Å². The number of alkyl halides is 3. The summed E-state index contributed by atoms with van der Waals surface area (Å²) in [5.41, 5.74) is -0.760. The van der Waals surface area contributed by atoms with E-state index in [1.807, 2.05) is 0 Å². The van der Waals surface area contributed by atoms with E-state index in [9.17, 15) is 13.2 Å². The van der Waals surface area contributed by atoms with Gasteiger partial charge in [-0.25, -0.2) is 4.98 Å². The number of pyridine rings is 1. The minimum atomic E-state index is -4.42. The molecular weight excluding hydrogens is 357 g/mol. The maximum atomic E-state index is 13.0. The van der Waals surface area contributed by atoms with Crippen molar-refractivity contribution < 1.29 is 13.2 Å². The highest BCUT2D eigenvalue weighted by molar-refractivity contribution is 5.80. The number of aromatic nitrogens is 1. The van der Waals surface area contributed by atoms with Crippen molar-refractivity contribution in [3.63, 3.8) is 0 Å². The lowest BCUT2D eigenvalue weighted by Gasteiger charge is -2.35. The van der Waals surface area contributed by atoms with Gasteiger partial charge >= 0.3 is 6.18 Å². The van der Waals surface area contributed by atoms with E-state index in [0.29, 0.717) is 31.1 Å². The number of nitrogens with one attached hydrogen (secondary N) is 3. The van der Waals surface area contributed by atoms with E-state index in [1.165, 1.54) is 12.3 Å². The quantitative estimate of drug-likeness (QED) is 0.398. The summed E-state index contributed by atoms with van der Waals surface area (Å²) in [7, 11) is 1.69. The van der Waals surface area contributed by atoms with E-state index in [0.717, 1.165) is 32.0 Å². The molecule has 152 valence electrons. The first kappa shape index (κ1) is 21.3. The largest absolute Gasteiger partial charge is 0.419 e. The minimum absolute atomic E-state index is 0.157. The van der Waals surface area contributed by atoms with Crippen LogP contribution in [0.2, 0.25) is 0 Å². The lowest BCUT2D eigenvalue weighted by Crippen LogP contribution is -2.50. The first-order chi connectivity index (χ1) is 12.8. The molecule has 1 aliphatic rings. The molecule has 1 fully saturated rings. The van der Waals surface area contributed by atoms with Gasteiger partial charge in [-0.1, -0.05) is 0 Å². The summed E-state index contributed by atoms with van der Waals surface area (Å²) in [5, 5.41) is 9.26. The fourth-order valence-electron chi connectivity index (χ4n) is 3.08. The van der Waals surface area contributed by atoms with Gasteiger partial charge in [-0.3, -0.25) is 4.99 Å².